The molecule has 1 aliphatic heterocycles. The summed E-state index contributed by atoms with van der Waals surface area (Å²) in [6.07, 6.45) is 5.10. The number of phenols is 2. The number of phenolic OH excluding ortho intramolecular Hbond substituents is 2. The van der Waals surface area contributed by atoms with Crippen LogP contribution in [0, 0.1) is 5.41 Å². The van der Waals surface area contributed by atoms with Crippen molar-refractivity contribution in [3.8, 4) is 11.5 Å². The van der Waals surface area contributed by atoms with E-state index in [9.17, 15) is 10.2 Å². The van der Waals surface area contributed by atoms with Crippen molar-refractivity contribution < 1.29 is 10.2 Å². The van der Waals surface area contributed by atoms with Gasteiger partial charge in [-0.1, -0.05) is 46.8 Å². The maximum atomic E-state index is 9.97. The Morgan fingerprint density at radius 3 is 2.52 bits per heavy atom. The first-order valence-corrected chi connectivity index (χ1v) is 12.2. The fourth-order valence-electron chi connectivity index (χ4n) is 5.31. The van der Waals surface area contributed by atoms with Crippen molar-refractivity contribution in [3.63, 3.8) is 0 Å². The van der Waals surface area contributed by atoms with Crippen molar-refractivity contribution in [3.05, 3.63) is 59.8 Å². The summed E-state index contributed by atoms with van der Waals surface area (Å²) in [5.41, 5.74) is 12.0. The molecule has 4 rings (SSSR count). The molecule has 1 heterocycles. The molecule has 33 heavy (non-hydrogen) atoms. The highest BCUT2D eigenvalue weighted by Gasteiger charge is 2.47. The molecule has 0 spiro atoms. The Morgan fingerprint density at radius 1 is 1.18 bits per heavy atom. The fourth-order valence-corrected chi connectivity index (χ4v) is 5.31. The van der Waals surface area contributed by atoms with Crippen LogP contribution in [-0.2, 0) is 11.8 Å². The Morgan fingerprint density at radius 2 is 1.91 bits per heavy atom. The van der Waals surface area contributed by atoms with E-state index in [0.717, 1.165) is 55.6 Å². The zero-order valence-corrected chi connectivity index (χ0v) is 20.5. The van der Waals surface area contributed by atoms with Crippen LogP contribution in [0.2, 0.25) is 0 Å². The summed E-state index contributed by atoms with van der Waals surface area (Å²) in [5, 5.41) is 23.2. The first kappa shape index (κ1) is 23.5. The number of nitrogens with zero attached hydrogens (tertiary/aromatic N) is 1. The summed E-state index contributed by atoms with van der Waals surface area (Å²) in [6.45, 7) is 14.4. The monoisotopic (exact) mass is 449 g/mol. The highest BCUT2D eigenvalue weighted by molar-refractivity contribution is 5.67. The van der Waals surface area contributed by atoms with Gasteiger partial charge in [-0.2, -0.15) is 0 Å². The van der Waals surface area contributed by atoms with Crippen molar-refractivity contribution >= 4 is 11.4 Å². The Labute approximate surface area is 198 Å². The van der Waals surface area contributed by atoms with Gasteiger partial charge in [0.1, 0.15) is 0 Å². The van der Waals surface area contributed by atoms with E-state index in [1.165, 1.54) is 11.3 Å². The van der Waals surface area contributed by atoms with E-state index in [2.05, 4.69) is 62.7 Å². The molecule has 5 N–H and O–H groups in total. The van der Waals surface area contributed by atoms with Crippen LogP contribution < -0.4 is 16.0 Å². The largest absolute Gasteiger partial charge is 0.504 e. The number of nitrogens with two attached hydrogens (primary N) is 1. The van der Waals surface area contributed by atoms with Crippen molar-refractivity contribution in [2.75, 3.05) is 16.8 Å². The topological polar surface area (TPSA) is 81.8 Å². The van der Waals surface area contributed by atoms with Gasteiger partial charge in [-0.15, -0.1) is 0 Å². The van der Waals surface area contributed by atoms with Crippen molar-refractivity contribution in [2.24, 2.45) is 11.1 Å². The van der Waals surface area contributed by atoms with Crippen LogP contribution in [0.1, 0.15) is 64.5 Å². The van der Waals surface area contributed by atoms with E-state index in [-0.39, 0.29) is 28.4 Å². The number of hydrogen-bond donors (Lipinski definition) is 4. The molecule has 0 bridgehead atoms. The van der Waals surface area contributed by atoms with Gasteiger partial charge in [0, 0.05) is 41.1 Å². The van der Waals surface area contributed by atoms with Crippen LogP contribution in [0.5, 0.6) is 11.5 Å². The molecule has 2 aromatic rings. The zero-order chi connectivity index (χ0) is 24.0. The van der Waals surface area contributed by atoms with Gasteiger partial charge in [0.2, 0.25) is 0 Å². The summed E-state index contributed by atoms with van der Waals surface area (Å²) in [5.74, 6) is -0.179. The van der Waals surface area contributed by atoms with Crippen molar-refractivity contribution in [1.29, 1.82) is 0 Å². The summed E-state index contributed by atoms with van der Waals surface area (Å²) in [4.78, 5) is 2.52. The number of aromatic hydroxyl groups is 2. The van der Waals surface area contributed by atoms with E-state index in [1.54, 1.807) is 12.1 Å². The predicted octanol–water partition coefficient (Wildman–Crippen LogP) is 5.66. The lowest BCUT2D eigenvalue weighted by atomic mass is 9.84. The van der Waals surface area contributed by atoms with Crippen LogP contribution in [-0.4, -0.2) is 28.8 Å². The number of anilines is 2. The summed E-state index contributed by atoms with van der Waals surface area (Å²) in [7, 11) is 0. The molecular weight excluding hydrogens is 410 g/mol. The minimum atomic E-state index is -0.197. The lowest BCUT2D eigenvalue weighted by molar-refractivity contribution is 0.307. The fraction of sp³-hybridized carbons (Fsp3) is 0.500. The highest BCUT2D eigenvalue weighted by atomic mass is 16.3. The SMILES string of the molecule is C=C(Nc1ccc2c(c1)CC(C(C)(C)C)N2C[C@@H](N)CCC)C1(c2ccc(O)c(O)c2)CC1. The predicted molar refractivity (Wildman–Crippen MR) is 137 cm³/mol. The second-order valence-corrected chi connectivity index (χ2v) is 11.0. The van der Waals surface area contributed by atoms with Gasteiger partial charge >= 0.3 is 0 Å². The van der Waals surface area contributed by atoms with Crippen molar-refractivity contribution in [2.45, 2.75) is 77.3 Å². The third-order valence-corrected chi connectivity index (χ3v) is 7.42. The first-order chi connectivity index (χ1) is 15.5. The lowest BCUT2D eigenvalue weighted by Gasteiger charge is -2.38. The molecule has 0 amide bonds. The average Bonchev–Trinajstić information content (AvgIpc) is 3.47. The number of nitrogens with one attached hydrogen (secondary N) is 1. The molecule has 1 unspecified atom stereocenters. The quantitative estimate of drug-likeness (QED) is 0.391. The van der Waals surface area contributed by atoms with Crippen LogP contribution >= 0.6 is 0 Å². The lowest BCUT2D eigenvalue weighted by Crippen LogP contribution is -2.47. The van der Waals surface area contributed by atoms with Gasteiger partial charge in [0.25, 0.3) is 0 Å². The molecule has 0 aromatic heterocycles. The Kier molecular flexibility index (Phi) is 6.12. The number of allylic oxidation sites excluding steroid dienone is 1. The number of fused-ring (bicyclic) bond motifs is 1. The first-order valence-electron chi connectivity index (χ1n) is 12.2. The van der Waals surface area contributed by atoms with Gasteiger partial charge in [-0.3, -0.25) is 0 Å². The van der Waals surface area contributed by atoms with Crippen LogP contribution in [0.25, 0.3) is 0 Å². The standard InChI is InChI=1S/C28H39N3O2/c1-6-7-21(29)17-31-23-10-9-22(14-19(23)15-26(31)27(3,4)5)30-18(2)28(12-13-28)20-8-11-24(32)25(33)16-20/h8-11,14,16,21,26,30,32-33H,2,6-7,12-13,15,17,29H2,1,3-5H3/t21-,26?/m0/s1. The van der Waals surface area contributed by atoms with E-state index in [0.29, 0.717) is 6.04 Å². The van der Waals surface area contributed by atoms with Gasteiger partial charge in [-0.05, 0) is 72.6 Å². The van der Waals surface area contributed by atoms with Gasteiger partial charge in [-0.25, -0.2) is 0 Å². The number of rotatable bonds is 8. The van der Waals surface area contributed by atoms with E-state index < -0.39 is 0 Å². The van der Waals surface area contributed by atoms with Crippen LogP contribution in [0.3, 0.4) is 0 Å². The average molecular weight is 450 g/mol. The third-order valence-electron chi connectivity index (χ3n) is 7.42. The molecule has 1 fully saturated rings. The molecule has 5 heteroatoms. The molecule has 1 saturated carbocycles. The maximum absolute atomic E-state index is 9.97. The highest BCUT2D eigenvalue weighted by Crippen LogP contribution is 2.54. The smallest absolute Gasteiger partial charge is 0.157 e. The van der Waals surface area contributed by atoms with Crippen LogP contribution in [0.4, 0.5) is 11.4 Å². The minimum Gasteiger partial charge on any atom is -0.504 e. The maximum Gasteiger partial charge on any atom is 0.157 e. The molecular formula is C28H39N3O2. The number of hydrogen-bond acceptors (Lipinski definition) is 5. The third kappa shape index (κ3) is 4.56. The molecule has 0 radical (unpaired) electrons. The number of benzene rings is 2. The van der Waals surface area contributed by atoms with Crippen molar-refractivity contribution in [1.82, 2.24) is 0 Å². The Bertz CT molecular complexity index is 1040. The normalized spacial score (nSPS) is 19.8. The van der Waals surface area contributed by atoms with Crippen LogP contribution in [0.15, 0.2) is 48.7 Å². The minimum absolute atomic E-state index is 0.0845. The second kappa shape index (κ2) is 8.60. The second-order valence-electron chi connectivity index (χ2n) is 11.0. The summed E-state index contributed by atoms with van der Waals surface area (Å²) < 4.78 is 0. The van der Waals surface area contributed by atoms with Gasteiger partial charge in [0.15, 0.2) is 11.5 Å². The molecule has 1 aliphatic carbocycles. The molecule has 2 atom stereocenters. The molecule has 5 nitrogen and oxygen atoms in total. The van der Waals surface area contributed by atoms with E-state index in [1.807, 2.05) is 6.07 Å². The molecule has 2 aliphatic rings. The van der Waals surface area contributed by atoms with Gasteiger partial charge in [0.05, 0.1) is 0 Å². The Balaban J connectivity index is 1.55. The zero-order valence-electron chi connectivity index (χ0n) is 20.5. The van der Waals surface area contributed by atoms with Gasteiger partial charge < -0.3 is 26.2 Å². The molecule has 2 aromatic carbocycles. The summed E-state index contributed by atoms with van der Waals surface area (Å²) in [6, 6.07) is 12.3. The Hall–Kier alpha value is -2.66. The van der Waals surface area contributed by atoms with E-state index >= 15 is 0 Å². The molecule has 0 saturated heterocycles. The van der Waals surface area contributed by atoms with E-state index in [4.69, 9.17) is 5.73 Å². The molecule has 178 valence electrons. The summed E-state index contributed by atoms with van der Waals surface area (Å²) >= 11 is 0.